The molecule has 17 heavy (non-hydrogen) atoms. The van der Waals surface area contributed by atoms with Crippen LogP contribution in [-0.2, 0) is 4.79 Å². The van der Waals surface area contributed by atoms with Crippen LogP contribution in [-0.4, -0.2) is 13.0 Å². The van der Waals surface area contributed by atoms with Crippen molar-refractivity contribution in [1.29, 1.82) is 0 Å². The van der Waals surface area contributed by atoms with Crippen molar-refractivity contribution >= 4 is 11.6 Å². The Balaban J connectivity index is 1.97. The molecule has 1 aromatic carbocycles. The molecule has 2 heteroatoms. The van der Waals surface area contributed by atoms with E-state index >= 15 is 0 Å². The van der Waals surface area contributed by atoms with Gasteiger partial charge in [0.05, 0.1) is 5.92 Å². The lowest BCUT2D eigenvalue weighted by Crippen LogP contribution is -2.28. The van der Waals surface area contributed by atoms with Crippen LogP contribution in [0.2, 0.25) is 0 Å². The number of carbonyl (C=O) groups excluding carboxylic acids is 1. The number of benzene rings is 1. The van der Waals surface area contributed by atoms with Gasteiger partial charge in [-0.25, -0.2) is 0 Å². The van der Waals surface area contributed by atoms with Gasteiger partial charge >= 0.3 is 0 Å². The van der Waals surface area contributed by atoms with Crippen LogP contribution in [0.15, 0.2) is 24.3 Å². The van der Waals surface area contributed by atoms with E-state index in [4.69, 9.17) is 0 Å². The first kappa shape index (κ1) is 10.8. The van der Waals surface area contributed by atoms with Gasteiger partial charge in [0, 0.05) is 12.7 Å². The Labute approximate surface area is 103 Å². The Bertz CT molecular complexity index is 434. The molecule has 0 saturated heterocycles. The number of hydrogen-bond acceptors (Lipinski definition) is 1. The molecule has 1 fully saturated rings. The van der Waals surface area contributed by atoms with Crippen LogP contribution in [0.3, 0.4) is 0 Å². The van der Waals surface area contributed by atoms with Crippen LogP contribution in [0.5, 0.6) is 0 Å². The molecule has 1 aromatic rings. The maximum absolute atomic E-state index is 12.4. The maximum atomic E-state index is 12.4. The highest BCUT2D eigenvalue weighted by atomic mass is 16.2. The minimum absolute atomic E-state index is 0.136. The Morgan fingerprint density at radius 2 is 1.82 bits per heavy atom. The third kappa shape index (κ3) is 1.67. The zero-order chi connectivity index (χ0) is 11.8. The van der Waals surface area contributed by atoms with Gasteiger partial charge in [-0.15, -0.1) is 0 Å². The van der Waals surface area contributed by atoms with E-state index in [1.54, 1.807) is 0 Å². The molecule has 0 bridgehead atoms. The number of anilines is 1. The van der Waals surface area contributed by atoms with E-state index in [0.29, 0.717) is 11.8 Å². The van der Waals surface area contributed by atoms with Crippen molar-refractivity contribution in [2.75, 3.05) is 11.9 Å². The monoisotopic (exact) mass is 229 g/mol. The molecule has 3 rings (SSSR count). The summed E-state index contributed by atoms with van der Waals surface area (Å²) in [6.45, 7) is 0. The quantitative estimate of drug-likeness (QED) is 0.723. The molecule has 1 saturated carbocycles. The molecule has 1 amide bonds. The smallest absolute Gasteiger partial charge is 0.234 e. The average Bonchev–Trinajstić information content (AvgIpc) is 2.64. The zero-order valence-corrected chi connectivity index (χ0v) is 10.4. The number of fused-ring (bicyclic) bond motifs is 1. The normalized spacial score (nSPS) is 25.1. The van der Waals surface area contributed by atoms with E-state index in [9.17, 15) is 4.79 Å². The Morgan fingerprint density at radius 1 is 1.12 bits per heavy atom. The summed E-state index contributed by atoms with van der Waals surface area (Å²) in [4.78, 5) is 14.2. The van der Waals surface area contributed by atoms with Crippen LogP contribution in [0, 0.1) is 5.92 Å². The largest absolute Gasteiger partial charge is 0.315 e. The first-order valence-electron chi connectivity index (χ1n) is 6.65. The van der Waals surface area contributed by atoms with Crippen molar-refractivity contribution in [2.24, 2.45) is 5.92 Å². The fourth-order valence-electron chi connectivity index (χ4n) is 3.44. The van der Waals surface area contributed by atoms with Crippen LogP contribution in [0.4, 0.5) is 5.69 Å². The van der Waals surface area contributed by atoms with Crippen molar-refractivity contribution in [3.05, 3.63) is 29.8 Å². The highest BCUT2D eigenvalue weighted by Crippen LogP contribution is 2.45. The van der Waals surface area contributed by atoms with Crippen LogP contribution in [0.25, 0.3) is 0 Å². The van der Waals surface area contributed by atoms with E-state index < -0.39 is 0 Å². The molecular formula is C15H19NO. The summed E-state index contributed by atoms with van der Waals surface area (Å²) in [5.74, 6) is 1.01. The van der Waals surface area contributed by atoms with E-state index in [1.807, 2.05) is 18.0 Å². The fraction of sp³-hybridized carbons (Fsp3) is 0.533. The first-order valence-corrected chi connectivity index (χ1v) is 6.65. The molecule has 2 nitrogen and oxygen atoms in total. The van der Waals surface area contributed by atoms with Gasteiger partial charge in [-0.05, 0) is 30.4 Å². The van der Waals surface area contributed by atoms with Gasteiger partial charge in [-0.1, -0.05) is 37.5 Å². The van der Waals surface area contributed by atoms with E-state index in [-0.39, 0.29) is 5.92 Å². The van der Waals surface area contributed by atoms with Gasteiger partial charge in [0.25, 0.3) is 0 Å². The Morgan fingerprint density at radius 3 is 2.59 bits per heavy atom. The topological polar surface area (TPSA) is 20.3 Å². The lowest BCUT2D eigenvalue weighted by atomic mass is 9.77. The minimum Gasteiger partial charge on any atom is -0.315 e. The van der Waals surface area contributed by atoms with Gasteiger partial charge in [-0.2, -0.15) is 0 Å². The highest BCUT2D eigenvalue weighted by Gasteiger charge is 2.39. The summed E-state index contributed by atoms with van der Waals surface area (Å²) in [5.41, 5.74) is 2.37. The van der Waals surface area contributed by atoms with Gasteiger partial charge in [-0.3, -0.25) is 4.79 Å². The molecular weight excluding hydrogens is 210 g/mol. The second kappa shape index (κ2) is 4.17. The summed E-state index contributed by atoms with van der Waals surface area (Å²) in [5, 5.41) is 0. The molecule has 0 N–H and O–H groups in total. The minimum atomic E-state index is 0.136. The third-order valence-electron chi connectivity index (χ3n) is 4.35. The Hall–Kier alpha value is -1.31. The molecule has 0 unspecified atom stereocenters. The second-order valence-corrected chi connectivity index (χ2v) is 5.33. The number of nitrogens with zero attached hydrogens (tertiary/aromatic N) is 1. The van der Waals surface area contributed by atoms with Crippen molar-refractivity contribution in [3.63, 3.8) is 0 Å². The fourth-order valence-corrected chi connectivity index (χ4v) is 3.44. The number of hydrogen-bond donors (Lipinski definition) is 0. The first-order chi connectivity index (χ1) is 8.29. The van der Waals surface area contributed by atoms with Gasteiger partial charge in [0.1, 0.15) is 0 Å². The molecule has 90 valence electrons. The predicted molar refractivity (Wildman–Crippen MR) is 69.2 cm³/mol. The molecule has 0 spiro atoms. The van der Waals surface area contributed by atoms with Crippen LogP contribution in [0.1, 0.15) is 43.6 Å². The molecule has 0 radical (unpaired) electrons. The van der Waals surface area contributed by atoms with Crippen LogP contribution >= 0.6 is 0 Å². The number of rotatable bonds is 1. The third-order valence-corrected chi connectivity index (χ3v) is 4.35. The number of likely N-dealkylation sites (N-methyl/N-ethyl adjacent to an activating group) is 1. The highest BCUT2D eigenvalue weighted by molar-refractivity contribution is 6.04. The molecule has 1 heterocycles. The van der Waals surface area contributed by atoms with E-state index in [1.165, 1.54) is 37.7 Å². The summed E-state index contributed by atoms with van der Waals surface area (Å²) >= 11 is 0. The lowest BCUT2D eigenvalue weighted by Gasteiger charge is -2.26. The van der Waals surface area contributed by atoms with Crippen molar-refractivity contribution in [2.45, 2.75) is 38.0 Å². The number of amides is 1. The number of carbonyl (C=O) groups is 1. The number of para-hydroxylation sites is 1. The predicted octanol–water partition coefficient (Wildman–Crippen LogP) is 3.33. The Kier molecular flexibility index (Phi) is 2.65. The standard InChI is InChI=1S/C15H19NO/c1-16-13-10-6-5-9-12(13)14(15(16)17)11-7-3-2-4-8-11/h5-6,9-11,14H,2-4,7-8H2,1H3/t14-/m0/s1. The van der Waals surface area contributed by atoms with Crippen molar-refractivity contribution in [1.82, 2.24) is 0 Å². The van der Waals surface area contributed by atoms with Gasteiger partial charge < -0.3 is 4.90 Å². The average molecular weight is 229 g/mol. The molecule has 0 aromatic heterocycles. The maximum Gasteiger partial charge on any atom is 0.234 e. The molecule has 1 aliphatic carbocycles. The van der Waals surface area contributed by atoms with E-state index in [0.717, 1.165) is 5.69 Å². The SMILES string of the molecule is CN1C(=O)[C@@H](C2CCCCC2)c2ccccc21. The molecule has 1 atom stereocenters. The zero-order valence-electron chi connectivity index (χ0n) is 10.4. The van der Waals surface area contributed by atoms with E-state index in [2.05, 4.69) is 18.2 Å². The second-order valence-electron chi connectivity index (χ2n) is 5.33. The van der Waals surface area contributed by atoms with Crippen molar-refractivity contribution < 1.29 is 4.79 Å². The molecule has 1 aliphatic heterocycles. The van der Waals surface area contributed by atoms with Crippen molar-refractivity contribution in [3.8, 4) is 0 Å². The summed E-state index contributed by atoms with van der Waals surface area (Å²) in [7, 11) is 1.91. The van der Waals surface area contributed by atoms with Gasteiger partial charge in [0.15, 0.2) is 0 Å². The summed E-state index contributed by atoms with van der Waals surface area (Å²) < 4.78 is 0. The van der Waals surface area contributed by atoms with Gasteiger partial charge in [0.2, 0.25) is 5.91 Å². The van der Waals surface area contributed by atoms with Crippen LogP contribution < -0.4 is 4.90 Å². The summed E-state index contributed by atoms with van der Waals surface area (Å²) in [6.07, 6.45) is 6.37. The summed E-state index contributed by atoms with van der Waals surface area (Å²) in [6, 6.07) is 8.28. The lowest BCUT2D eigenvalue weighted by molar-refractivity contribution is -0.120. The molecule has 2 aliphatic rings.